The van der Waals surface area contributed by atoms with E-state index in [-0.39, 0.29) is 12.1 Å². The van der Waals surface area contributed by atoms with Gasteiger partial charge in [0.25, 0.3) is 0 Å². The van der Waals surface area contributed by atoms with Crippen LogP contribution in [0, 0.1) is 11.6 Å². The van der Waals surface area contributed by atoms with E-state index < -0.39 is 33.2 Å². The molecule has 2 rings (SSSR count). The SMILES string of the molecule is O=S(=O)(NCc1ncc[nH]1)c1cc(CO)cc(F)c1F. The van der Waals surface area contributed by atoms with Crippen LogP contribution in [0.4, 0.5) is 8.78 Å². The number of H-pyrrole nitrogens is 1. The number of sulfonamides is 1. The maximum absolute atomic E-state index is 13.6. The number of aromatic nitrogens is 2. The number of nitrogens with zero attached hydrogens (tertiary/aromatic N) is 1. The van der Waals surface area contributed by atoms with E-state index in [2.05, 4.69) is 14.7 Å². The summed E-state index contributed by atoms with van der Waals surface area (Å²) in [5.74, 6) is -2.50. The van der Waals surface area contributed by atoms with Crippen LogP contribution in [0.5, 0.6) is 0 Å². The average Bonchev–Trinajstić information content (AvgIpc) is 2.92. The number of imidazole rings is 1. The molecule has 0 spiro atoms. The summed E-state index contributed by atoms with van der Waals surface area (Å²) in [6, 6.07) is 1.61. The van der Waals surface area contributed by atoms with Crippen LogP contribution in [0.25, 0.3) is 0 Å². The van der Waals surface area contributed by atoms with Crippen molar-refractivity contribution in [1.29, 1.82) is 0 Å². The molecule has 0 unspecified atom stereocenters. The number of hydrogen-bond donors (Lipinski definition) is 3. The van der Waals surface area contributed by atoms with Crippen LogP contribution in [0.15, 0.2) is 29.4 Å². The highest BCUT2D eigenvalue weighted by Crippen LogP contribution is 2.20. The van der Waals surface area contributed by atoms with Crippen molar-refractivity contribution >= 4 is 10.0 Å². The highest BCUT2D eigenvalue weighted by molar-refractivity contribution is 7.89. The second kappa shape index (κ2) is 5.65. The summed E-state index contributed by atoms with van der Waals surface area (Å²) >= 11 is 0. The van der Waals surface area contributed by atoms with Crippen LogP contribution in [-0.4, -0.2) is 23.5 Å². The van der Waals surface area contributed by atoms with Crippen molar-refractivity contribution in [3.63, 3.8) is 0 Å². The first-order chi connectivity index (χ1) is 9.44. The zero-order valence-corrected chi connectivity index (χ0v) is 10.9. The van der Waals surface area contributed by atoms with Crippen LogP contribution in [0.3, 0.4) is 0 Å². The molecule has 3 N–H and O–H groups in total. The van der Waals surface area contributed by atoms with E-state index >= 15 is 0 Å². The molecular formula is C11H11F2N3O3S. The van der Waals surface area contributed by atoms with Crippen LogP contribution >= 0.6 is 0 Å². The van der Waals surface area contributed by atoms with Gasteiger partial charge in [-0.15, -0.1) is 0 Å². The van der Waals surface area contributed by atoms with E-state index in [4.69, 9.17) is 5.11 Å². The fourth-order valence-electron chi connectivity index (χ4n) is 1.54. The van der Waals surface area contributed by atoms with Crippen molar-refractivity contribution in [2.24, 2.45) is 0 Å². The third-order valence-corrected chi connectivity index (χ3v) is 3.91. The number of aliphatic hydroxyl groups excluding tert-OH is 1. The van der Waals surface area contributed by atoms with Gasteiger partial charge in [0, 0.05) is 12.4 Å². The summed E-state index contributed by atoms with van der Waals surface area (Å²) in [6.45, 7) is -0.794. The van der Waals surface area contributed by atoms with Crippen molar-refractivity contribution < 1.29 is 22.3 Å². The molecule has 6 nitrogen and oxygen atoms in total. The number of rotatable bonds is 5. The van der Waals surface area contributed by atoms with Gasteiger partial charge in [-0.3, -0.25) is 0 Å². The van der Waals surface area contributed by atoms with Crippen LogP contribution in [0.2, 0.25) is 0 Å². The Balaban J connectivity index is 2.31. The van der Waals surface area contributed by atoms with Gasteiger partial charge in [0.2, 0.25) is 10.0 Å². The third kappa shape index (κ3) is 3.00. The first kappa shape index (κ1) is 14.6. The second-order valence-electron chi connectivity index (χ2n) is 3.91. The summed E-state index contributed by atoms with van der Waals surface area (Å²) < 4.78 is 52.8. The molecule has 20 heavy (non-hydrogen) atoms. The summed E-state index contributed by atoms with van der Waals surface area (Å²) in [4.78, 5) is 5.61. The molecule has 0 radical (unpaired) electrons. The van der Waals surface area contributed by atoms with Gasteiger partial charge in [0.15, 0.2) is 11.6 Å². The smallest absolute Gasteiger partial charge is 0.244 e. The van der Waals surface area contributed by atoms with Gasteiger partial charge in [0.05, 0.1) is 13.2 Å². The molecule has 0 amide bonds. The second-order valence-corrected chi connectivity index (χ2v) is 5.64. The Kier molecular flexibility index (Phi) is 4.12. The van der Waals surface area contributed by atoms with Crippen molar-refractivity contribution in [3.05, 3.63) is 47.5 Å². The van der Waals surface area contributed by atoms with E-state index in [0.29, 0.717) is 5.82 Å². The minimum absolute atomic E-state index is 0.0396. The lowest BCUT2D eigenvalue weighted by Crippen LogP contribution is -2.25. The molecule has 0 saturated carbocycles. The number of benzene rings is 1. The molecule has 0 fully saturated rings. The van der Waals surface area contributed by atoms with E-state index in [1.165, 1.54) is 12.4 Å². The predicted molar refractivity (Wildman–Crippen MR) is 64.9 cm³/mol. The Bertz CT molecular complexity index is 702. The molecule has 0 saturated heterocycles. The molecule has 0 aliphatic rings. The Hall–Kier alpha value is -1.84. The largest absolute Gasteiger partial charge is 0.392 e. The monoisotopic (exact) mass is 303 g/mol. The minimum Gasteiger partial charge on any atom is -0.392 e. The molecule has 0 aliphatic heterocycles. The number of aromatic amines is 1. The lowest BCUT2D eigenvalue weighted by atomic mass is 10.2. The van der Waals surface area contributed by atoms with E-state index in [1.807, 2.05) is 0 Å². The number of nitrogens with one attached hydrogen (secondary N) is 2. The number of halogens is 2. The topological polar surface area (TPSA) is 95.1 Å². The Morgan fingerprint density at radius 1 is 1.35 bits per heavy atom. The highest BCUT2D eigenvalue weighted by atomic mass is 32.2. The molecular weight excluding hydrogens is 292 g/mol. The average molecular weight is 303 g/mol. The molecule has 1 aromatic heterocycles. The fraction of sp³-hybridized carbons (Fsp3) is 0.182. The van der Waals surface area contributed by atoms with Crippen molar-refractivity contribution in [1.82, 2.24) is 14.7 Å². The zero-order valence-electron chi connectivity index (χ0n) is 10.1. The zero-order chi connectivity index (χ0) is 14.8. The number of aliphatic hydroxyl groups is 1. The molecule has 1 heterocycles. The Morgan fingerprint density at radius 3 is 2.70 bits per heavy atom. The molecule has 9 heteroatoms. The van der Waals surface area contributed by atoms with Gasteiger partial charge in [-0.1, -0.05) is 0 Å². The van der Waals surface area contributed by atoms with Gasteiger partial charge >= 0.3 is 0 Å². The maximum Gasteiger partial charge on any atom is 0.244 e. The summed E-state index contributed by atoms with van der Waals surface area (Å²) in [5, 5.41) is 8.90. The fourth-order valence-corrected chi connectivity index (χ4v) is 2.66. The molecule has 0 bridgehead atoms. The van der Waals surface area contributed by atoms with Crippen molar-refractivity contribution in [2.75, 3.05) is 0 Å². The normalized spacial score (nSPS) is 11.8. The molecule has 108 valence electrons. The van der Waals surface area contributed by atoms with Crippen LogP contribution in [0.1, 0.15) is 11.4 Å². The van der Waals surface area contributed by atoms with Gasteiger partial charge in [0.1, 0.15) is 10.7 Å². The van der Waals surface area contributed by atoms with Crippen LogP contribution < -0.4 is 4.72 Å². The standard InChI is InChI=1S/C11H11F2N3O3S/c12-8-3-7(6-17)4-9(11(8)13)20(18,19)16-5-10-14-1-2-15-10/h1-4,16-17H,5-6H2,(H,14,15). The van der Waals surface area contributed by atoms with Crippen LogP contribution in [-0.2, 0) is 23.2 Å². The minimum atomic E-state index is -4.26. The van der Waals surface area contributed by atoms with E-state index in [0.717, 1.165) is 12.1 Å². The summed E-state index contributed by atoms with van der Waals surface area (Å²) in [6.07, 6.45) is 2.92. The van der Waals surface area contributed by atoms with Gasteiger partial charge in [-0.2, -0.15) is 0 Å². The number of hydrogen-bond acceptors (Lipinski definition) is 4. The lowest BCUT2D eigenvalue weighted by molar-refractivity contribution is 0.280. The van der Waals surface area contributed by atoms with Gasteiger partial charge in [-0.25, -0.2) is 26.9 Å². The third-order valence-electron chi connectivity index (χ3n) is 2.51. The molecule has 1 aromatic carbocycles. The molecule has 2 aromatic rings. The lowest BCUT2D eigenvalue weighted by Gasteiger charge is -2.08. The van der Waals surface area contributed by atoms with Crippen molar-refractivity contribution in [3.8, 4) is 0 Å². The van der Waals surface area contributed by atoms with Gasteiger partial charge in [-0.05, 0) is 17.7 Å². The Morgan fingerprint density at radius 2 is 2.10 bits per heavy atom. The molecule has 0 aliphatic carbocycles. The summed E-state index contributed by atoms with van der Waals surface area (Å²) in [5.41, 5.74) is -0.0396. The maximum atomic E-state index is 13.6. The van der Waals surface area contributed by atoms with E-state index in [9.17, 15) is 17.2 Å². The first-order valence-electron chi connectivity index (χ1n) is 5.50. The summed E-state index contributed by atoms with van der Waals surface area (Å²) in [7, 11) is -4.26. The Labute approximate surface area is 113 Å². The quantitative estimate of drug-likeness (QED) is 0.756. The first-order valence-corrected chi connectivity index (χ1v) is 6.99. The predicted octanol–water partition coefficient (Wildman–Crippen LogP) is 0.659. The van der Waals surface area contributed by atoms with Gasteiger partial charge < -0.3 is 10.1 Å². The highest BCUT2D eigenvalue weighted by Gasteiger charge is 2.23. The van der Waals surface area contributed by atoms with Crippen molar-refractivity contribution in [2.45, 2.75) is 18.0 Å². The molecule has 0 atom stereocenters. The van der Waals surface area contributed by atoms with E-state index in [1.54, 1.807) is 0 Å².